The van der Waals surface area contributed by atoms with E-state index in [1.165, 1.54) is 6.08 Å². The van der Waals surface area contributed by atoms with E-state index in [1.54, 1.807) is 30.3 Å². The van der Waals surface area contributed by atoms with Gasteiger partial charge in [-0.15, -0.1) is 0 Å². The Morgan fingerprint density at radius 3 is 2.07 bits per heavy atom. The number of anilines is 1. The van der Waals surface area contributed by atoms with Crippen molar-refractivity contribution >= 4 is 39.4 Å². The molecule has 0 heterocycles. The minimum absolute atomic E-state index is 0.0185. The standard InChI is InChI=1S/C23H20ClNO4S/c1-30(27,28)29-16-18-4-2-17(3-5-18)6-15-23(26)25-22-13-9-20(10-14-22)19-7-11-21(24)12-8-19/h2-15H,16H2,1H3,(H,25,26)/b15-6+. The van der Waals surface area contributed by atoms with Gasteiger partial charge in [0, 0.05) is 16.8 Å². The maximum absolute atomic E-state index is 12.2. The lowest BCUT2D eigenvalue weighted by Gasteiger charge is -2.05. The number of hydrogen-bond acceptors (Lipinski definition) is 4. The summed E-state index contributed by atoms with van der Waals surface area (Å²) < 4.78 is 26.8. The van der Waals surface area contributed by atoms with E-state index in [0.717, 1.165) is 28.5 Å². The first-order chi connectivity index (χ1) is 14.3. The largest absolute Gasteiger partial charge is 0.323 e. The fraction of sp³-hybridized carbons (Fsp3) is 0.0870. The van der Waals surface area contributed by atoms with Crippen molar-refractivity contribution in [3.8, 4) is 11.1 Å². The predicted molar refractivity (Wildman–Crippen MR) is 121 cm³/mol. The molecule has 7 heteroatoms. The number of benzene rings is 3. The quantitative estimate of drug-likeness (QED) is 0.407. The Morgan fingerprint density at radius 1 is 0.933 bits per heavy atom. The average molecular weight is 442 g/mol. The van der Waals surface area contributed by atoms with Crippen molar-refractivity contribution in [2.75, 3.05) is 11.6 Å². The molecule has 0 atom stereocenters. The van der Waals surface area contributed by atoms with Gasteiger partial charge >= 0.3 is 0 Å². The number of rotatable bonds is 7. The molecule has 30 heavy (non-hydrogen) atoms. The van der Waals surface area contributed by atoms with Crippen LogP contribution in [0.2, 0.25) is 5.02 Å². The lowest BCUT2D eigenvalue weighted by Crippen LogP contribution is -2.07. The summed E-state index contributed by atoms with van der Waals surface area (Å²) in [6.07, 6.45) is 4.13. The van der Waals surface area contributed by atoms with Gasteiger partial charge in [-0.25, -0.2) is 0 Å². The summed E-state index contributed by atoms with van der Waals surface area (Å²) in [5, 5.41) is 3.50. The van der Waals surface area contributed by atoms with E-state index in [1.807, 2.05) is 48.5 Å². The summed E-state index contributed by atoms with van der Waals surface area (Å²) in [6, 6.07) is 22.2. The molecule has 1 amide bonds. The topological polar surface area (TPSA) is 72.5 Å². The van der Waals surface area contributed by atoms with Crippen molar-refractivity contribution in [2.24, 2.45) is 0 Å². The molecule has 0 saturated carbocycles. The zero-order valence-electron chi connectivity index (χ0n) is 16.2. The number of carbonyl (C=O) groups is 1. The minimum Gasteiger partial charge on any atom is -0.323 e. The normalized spacial score (nSPS) is 11.5. The minimum atomic E-state index is -3.48. The van der Waals surface area contributed by atoms with Crippen molar-refractivity contribution in [1.29, 1.82) is 0 Å². The van der Waals surface area contributed by atoms with Crippen molar-refractivity contribution in [3.63, 3.8) is 0 Å². The summed E-state index contributed by atoms with van der Waals surface area (Å²) in [6.45, 7) is -0.0185. The van der Waals surface area contributed by atoms with Gasteiger partial charge in [-0.05, 0) is 52.6 Å². The lowest BCUT2D eigenvalue weighted by molar-refractivity contribution is -0.111. The molecule has 0 radical (unpaired) electrons. The lowest BCUT2D eigenvalue weighted by atomic mass is 10.1. The van der Waals surface area contributed by atoms with Crippen molar-refractivity contribution in [3.05, 3.63) is 95.0 Å². The SMILES string of the molecule is CS(=O)(=O)OCc1ccc(/C=C/C(=O)Nc2ccc(-c3ccc(Cl)cc3)cc2)cc1. The molecule has 0 fully saturated rings. The summed E-state index contributed by atoms with van der Waals surface area (Å²) in [5.41, 5.74) is 4.30. The molecule has 0 spiro atoms. The Hall–Kier alpha value is -2.93. The summed E-state index contributed by atoms with van der Waals surface area (Å²) >= 11 is 5.91. The first-order valence-electron chi connectivity index (χ1n) is 9.07. The van der Waals surface area contributed by atoms with Crippen LogP contribution in [-0.4, -0.2) is 20.6 Å². The molecule has 154 valence electrons. The highest BCUT2D eigenvalue weighted by molar-refractivity contribution is 7.85. The monoisotopic (exact) mass is 441 g/mol. The molecule has 0 bridgehead atoms. The maximum atomic E-state index is 12.2. The summed E-state index contributed by atoms with van der Waals surface area (Å²) in [7, 11) is -3.48. The van der Waals surface area contributed by atoms with E-state index in [2.05, 4.69) is 5.32 Å². The highest BCUT2D eigenvalue weighted by atomic mass is 35.5. The predicted octanol–water partition coefficient (Wildman–Crippen LogP) is 5.14. The molecule has 3 rings (SSSR count). The third-order valence-corrected chi connectivity index (χ3v) is 4.97. The molecule has 0 aliphatic heterocycles. The molecule has 1 N–H and O–H groups in total. The molecule has 0 saturated heterocycles. The van der Waals surface area contributed by atoms with E-state index in [4.69, 9.17) is 15.8 Å². The Morgan fingerprint density at radius 2 is 1.50 bits per heavy atom. The van der Waals surface area contributed by atoms with Gasteiger partial charge < -0.3 is 5.32 Å². The van der Waals surface area contributed by atoms with Crippen LogP contribution in [0.25, 0.3) is 17.2 Å². The van der Waals surface area contributed by atoms with Gasteiger partial charge in [-0.2, -0.15) is 8.42 Å². The Balaban J connectivity index is 1.56. The molecule has 0 unspecified atom stereocenters. The Kier molecular flexibility index (Phi) is 7.05. The van der Waals surface area contributed by atoms with Crippen LogP contribution in [0.1, 0.15) is 11.1 Å². The van der Waals surface area contributed by atoms with E-state index in [-0.39, 0.29) is 12.5 Å². The number of amides is 1. The van der Waals surface area contributed by atoms with Crippen LogP contribution in [0.3, 0.4) is 0 Å². The Bertz CT molecular complexity index is 1140. The van der Waals surface area contributed by atoms with Gasteiger partial charge in [-0.1, -0.05) is 60.1 Å². The van der Waals surface area contributed by atoms with Gasteiger partial charge in [0.1, 0.15) is 0 Å². The van der Waals surface area contributed by atoms with Gasteiger partial charge in [0.2, 0.25) is 5.91 Å². The van der Waals surface area contributed by atoms with E-state index in [9.17, 15) is 13.2 Å². The van der Waals surface area contributed by atoms with Crippen LogP contribution in [0.15, 0.2) is 78.9 Å². The fourth-order valence-corrected chi connectivity index (χ4v) is 3.12. The van der Waals surface area contributed by atoms with Crippen LogP contribution in [0.4, 0.5) is 5.69 Å². The summed E-state index contributed by atoms with van der Waals surface area (Å²) in [4.78, 5) is 12.2. The zero-order chi connectivity index (χ0) is 21.6. The second-order valence-corrected chi connectivity index (χ2v) is 8.70. The van der Waals surface area contributed by atoms with Crippen LogP contribution in [0, 0.1) is 0 Å². The first kappa shape index (κ1) is 21.8. The second kappa shape index (κ2) is 9.71. The molecular weight excluding hydrogens is 422 g/mol. The smallest absolute Gasteiger partial charge is 0.264 e. The van der Waals surface area contributed by atoms with Gasteiger partial charge in [0.25, 0.3) is 10.1 Å². The molecule has 0 aromatic heterocycles. The van der Waals surface area contributed by atoms with Crippen LogP contribution < -0.4 is 5.32 Å². The number of hydrogen-bond donors (Lipinski definition) is 1. The number of halogens is 1. The average Bonchev–Trinajstić information content (AvgIpc) is 2.72. The fourth-order valence-electron chi connectivity index (χ4n) is 2.64. The third-order valence-electron chi connectivity index (χ3n) is 4.18. The zero-order valence-corrected chi connectivity index (χ0v) is 17.8. The molecule has 3 aromatic carbocycles. The molecular formula is C23H20ClNO4S. The van der Waals surface area contributed by atoms with Gasteiger partial charge in [0.15, 0.2) is 0 Å². The number of carbonyl (C=O) groups excluding carboxylic acids is 1. The molecule has 3 aromatic rings. The number of nitrogens with one attached hydrogen (secondary N) is 1. The molecule has 0 aliphatic rings. The maximum Gasteiger partial charge on any atom is 0.264 e. The van der Waals surface area contributed by atoms with Crippen LogP contribution in [-0.2, 0) is 25.7 Å². The highest BCUT2D eigenvalue weighted by Gasteiger charge is 2.03. The van der Waals surface area contributed by atoms with Crippen molar-refractivity contribution < 1.29 is 17.4 Å². The van der Waals surface area contributed by atoms with Crippen LogP contribution in [0.5, 0.6) is 0 Å². The Labute approximate surface area is 181 Å². The van der Waals surface area contributed by atoms with E-state index >= 15 is 0 Å². The van der Waals surface area contributed by atoms with Crippen molar-refractivity contribution in [2.45, 2.75) is 6.61 Å². The van der Waals surface area contributed by atoms with Crippen molar-refractivity contribution in [1.82, 2.24) is 0 Å². The highest BCUT2D eigenvalue weighted by Crippen LogP contribution is 2.23. The van der Waals surface area contributed by atoms with Crippen LogP contribution >= 0.6 is 11.6 Å². The molecule has 5 nitrogen and oxygen atoms in total. The van der Waals surface area contributed by atoms with Gasteiger partial charge in [-0.3, -0.25) is 8.98 Å². The second-order valence-electron chi connectivity index (χ2n) is 6.61. The van der Waals surface area contributed by atoms with E-state index in [0.29, 0.717) is 10.7 Å². The summed E-state index contributed by atoms with van der Waals surface area (Å²) in [5.74, 6) is -0.251. The first-order valence-corrected chi connectivity index (χ1v) is 11.3. The molecule has 0 aliphatic carbocycles. The van der Waals surface area contributed by atoms with E-state index < -0.39 is 10.1 Å². The van der Waals surface area contributed by atoms with Gasteiger partial charge in [0.05, 0.1) is 12.9 Å². The third kappa shape index (κ3) is 6.84.